The summed E-state index contributed by atoms with van der Waals surface area (Å²) in [5.41, 5.74) is 0.121. The molecule has 0 bridgehead atoms. The van der Waals surface area contributed by atoms with Gasteiger partial charge in [0.2, 0.25) is 12.1 Å². The molecular formula is C38H50O16. The fourth-order valence-electron chi connectivity index (χ4n) is 8.54. The lowest BCUT2D eigenvalue weighted by molar-refractivity contribution is -0.357. The van der Waals surface area contributed by atoms with Crippen LogP contribution in [0.25, 0.3) is 6.08 Å². The molecule has 6 aliphatic rings. The number of aliphatic hydroxyl groups is 4. The lowest BCUT2D eigenvalue weighted by Gasteiger charge is -2.46. The summed E-state index contributed by atoms with van der Waals surface area (Å²) in [4.78, 5) is 38.9. The number of hydrogen-bond donors (Lipinski definition) is 4. The second-order valence-corrected chi connectivity index (χ2v) is 15.4. The molecule has 5 heterocycles. The molecule has 1 saturated carbocycles. The van der Waals surface area contributed by atoms with Crippen molar-refractivity contribution in [1.29, 1.82) is 0 Å². The molecule has 5 saturated heterocycles. The third-order valence-electron chi connectivity index (χ3n) is 11.7. The van der Waals surface area contributed by atoms with Crippen LogP contribution in [0.15, 0.2) is 36.4 Å². The van der Waals surface area contributed by atoms with E-state index in [1.54, 1.807) is 6.08 Å². The first-order chi connectivity index (χ1) is 25.7. The van der Waals surface area contributed by atoms with Gasteiger partial charge in [-0.2, -0.15) is 0 Å². The highest BCUT2D eigenvalue weighted by molar-refractivity contribution is 5.87. The fourth-order valence-corrected chi connectivity index (χ4v) is 8.54. The van der Waals surface area contributed by atoms with E-state index in [0.29, 0.717) is 19.4 Å². The molecule has 7 rings (SSSR count). The van der Waals surface area contributed by atoms with E-state index in [1.165, 1.54) is 19.9 Å². The van der Waals surface area contributed by atoms with E-state index in [0.717, 1.165) is 12.5 Å². The number of epoxide rings is 1. The van der Waals surface area contributed by atoms with Crippen LogP contribution in [-0.2, 0) is 57.0 Å². The zero-order chi connectivity index (χ0) is 38.5. The Hall–Kier alpha value is -3.03. The summed E-state index contributed by atoms with van der Waals surface area (Å²) in [6.07, 6.45) is -10.5. The van der Waals surface area contributed by atoms with Gasteiger partial charge in [0.25, 0.3) is 0 Å². The molecule has 1 aromatic rings. The predicted octanol–water partition coefficient (Wildman–Crippen LogP) is 0.742. The number of ether oxygens (including phenoxy) is 9. The molecular weight excluding hydrogens is 712 g/mol. The number of carbonyl (C=O) groups is 3. The molecule has 0 radical (unpaired) electrons. The molecule has 6 fully saturated rings. The van der Waals surface area contributed by atoms with Gasteiger partial charge in [0.1, 0.15) is 30.5 Å². The molecule has 5 aliphatic heterocycles. The second kappa shape index (κ2) is 15.5. The number of aliphatic hydroxyl groups excluding tert-OH is 4. The van der Waals surface area contributed by atoms with Gasteiger partial charge in [0.15, 0.2) is 24.1 Å². The standard InChI is InChI=1S/C38H50O16/c1-18-16-46-38(15-26(18)51-27(40)13-10-22-8-6-5-7-9-22)37(17-47-37)24-12-11-23(14-25(24)54-38)34(45)53-36-33(32(50-21(4)39)29(42)20(3)49-36)52-35-31(44)30(43)28(41)19(2)48-35/h5-10,13,18-20,23-26,28-33,35-36,41-44H,11-12,14-17H2,1-4H3/b13-10+/t18-,19-,20-,23-,24-,25+,26+,28-,29-,30+,31-,32+,33-,35+,36+,37-,38-/m1/s1. The van der Waals surface area contributed by atoms with Gasteiger partial charge in [0, 0.05) is 31.3 Å². The highest BCUT2D eigenvalue weighted by Crippen LogP contribution is 2.62. The lowest BCUT2D eigenvalue weighted by atomic mass is 9.72. The molecule has 4 N–H and O–H groups in total. The Morgan fingerprint density at radius 3 is 2.24 bits per heavy atom. The van der Waals surface area contributed by atoms with Gasteiger partial charge < -0.3 is 63.1 Å². The van der Waals surface area contributed by atoms with Gasteiger partial charge in [-0.25, -0.2) is 4.79 Å². The molecule has 54 heavy (non-hydrogen) atoms. The van der Waals surface area contributed by atoms with Crippen molar-refractivity contribution >= 4 is 24.0 Å². The predicted molar refractivity (Wildman–Crippen MR) is 181 cm³/mol. The molecule has 0 unspecified atom stereocenters. The van der Waals surface area contributed by atoms with E-state index in [4.69, 9.17) is 42.6 Å². The Kier molecular flexibility index (Phi) is 11.2. The minimum atomic E-state index is -1.74. The Morgan fingerprint density at radius 1 is 0.833 bits per heavy atom. The van der Waals surface area contributed by atoms with E-state index in [-0.39, 0.29) is 31.3 Å². The van der Waals surface area contributed by atoms with Crippen molar-refractivity contribution in [3.05, 3.63) is 42.0 Å². The number of fused-ring (bicyclic) bond motifs is 3. The van der Waals surface area contributed by atoms with Crippen LogP contribution in [0.5, 0.6) is 0 Å². The summed E-state index contributed by atoms with van der Waals surface area (Å²) < 4.78 is 53.9. The minimum Gasteiger partial charge on any atom is -0.459 e. The fraction of sp³-hybridized carbons (Fsp3) is 0.711. The maximum Gasteiger partial charge on any atom is 0.331 e. The van der Waals surface area contributed by atoms with Crippen molar-refractivity contribution in [1.82, 2.24) is 0 Å². The maximum absolute atomic E-state index is 13.9. The van der Waals surface area contributed by atoms with Crippen LogP contribution in [-0.4, -0.2) is 137 Å². The van der Waals surface area contributed by atoms with Crippen molar-refractivity contribution in [2.24, 2.45) is 17.8 Å². The smallest absolute Gasteiger partial charge is 0.331 e. The maximum atomic E-state index is 13.9. The van der Waals surface area contributed by atoms with Crippen LogP contribution in [0.4, 0.5) is 0 Å². The Bertz CT molecular complexity index is 1550. The average molecular weight is 763 g/mol. The SMILES string of the molecule is CC(=O)O[C@H]1[C@H](O)[C@@H](C)O[C@@H](OC(=O)[C@@H]2CC[C@@H]3[C@H](C2)O[C@]2(C[C@H](OC(=O)/C=C/c4ccccc4)[C@H](C)CO2)[C@@]32CO2)[C@@H]1O[C@@H]1O[C@H](C)[C@@H](O)[C@H](O)[C@H]1O. The topological polar surface area (TPSA) is 218 Å². The van der Waals surface area contributed by atoms with Gasteiger partial charge >= 0.3 is 17.9 Å². The van der Waals surface area contributed by atoms with Gasteiger partial charge in [-0.05, 0) is 44.7 Å². The van der Waals surface area contributed by atoms with Crippen LogP contribution >= 0.6 is 0 Å². The van der Waals surface area contributed by atoms with Gasteiger partial charge in [-0.3, -0.25) is 9.59 Å². The van der Waals surface area contributed by atoms with E-state index < -0.39 is 109 Å². The van der Waals surface area contributed by atoms with Crippen LogP contribution in [0, 0.1) is 17.8 Å². The molecule has 2 spiro atoms. The van der Waals surface area contributed by atoms with Crippen LogP contribution < -0.4 is 0 Å². The summed E-state index contributed by atoms with van der Waals surface area (Å²) in [7, 11) is 0. The average Bonchev–Trinajstić information content (AvgIpc) is 3.92. The van der Waals surface area contributed by atoms with E-state index >= 15 is 0 Å². The molecule has 1 aromatic carbocycles. The van der Waals surface area contributed by atoms with Gasteiger partial charge in [-0.15, -0.1) is 0 Å². The minimum absolute atomic E-state index is 0.0940. The van der Waals surface area contributed by atoms with Crippen molar-refractivity contribution in [3.8, 4) is 0 Å². The first kappa shape index (κ1) is 39.2. The summed E-state index contributed by atoms with van der Waals surface area (Å²) in [6.45, 7) is 6.73. The number of rotatable bonds is 8. The number of hydrogen-bond acceptors (Lipinski definition) is 16. The third-order valence-corrected chi connectivity index (χ3v) is 11.7. The Morgan fingerprint density at radius 2 is 1.54 bits per heavy atom. The Balaban J connectivity index is 1.03. The number of carbonyl (C=O) groups excluding carboxylic acids is 3. The summed E-state index contributed by atoms with van der Waals surface area (Å²) in [6, 6.07) is 9.43. The van der Waals surface area contributed by atoms with Crippen LogP contribution in [0.1, 0.15) is 58.9 Å². The molecule has 1 aliphatic carbocycles. The number of esters is 3. The lowest BCUT2D eigenvalue weighted by Crippen LogP contribution is -2.64. The van der Waals surface area contributed by atoms with Gasteiger partial charge in [-0.1, -0.05) is 37.3 Å². The van der Waals surface area contributed by atoms with Crippen molar-refractivity contribution in [3.63, 3.8) is 0 Å². The first-order valence-corrected chi connectivity index (χ1v) is 18.7. The Labute approximate surface area is 312 Å². The van der Waals surface area contributed by atoms with Gasteiger partial charge in [0.05, 0.1) is 37.4 Å². The quantitative estimate of drug-likeness (QED) is 0.124. The zero-order valence-electron chi connectivity index (χ0n) is 30.6. The molecule has 298 valence electrons. The zero-order valence-corrected chi connectivity index (χ0v) is 30.6. The highest BCUT2D eigenvalue weighted by Gasteiger charge is 2.76. The summed E-state index contributed by atoms with van der Waals surface area (Å²) in [5.74, 6) is -3.93. The highest BCUT2D eigenvalue weighted by atomic mass is 16.8. The molecule has 0 amide bonds. The third kappa shape index (κ3) is 7.45. The van der Waals surface area contributed by atoms with E-state index in [1.807, 2.05) is 37.3 Å². The largest absolute Gasteiger partial charge is 0.459 e. The first-order valence-electron chi connectivity index (χ1n) is 18.7. The van der Waals surface area contributed by atoms with E-state index in [2.05, 4.69) is 0 Å². The monoisotopic (exact) mass is 762 g/mol. The summed E-state index contributed by atoms with van der Waals surface area (Å²) >= 11 is 0. The second-order valence-electron chi connectivity index (χ2n) is 15.4. The van der Waals surface area contributed by atoms with Crippen molar-refractivity contribution < 1.29 is 77.4 Å². The van der Waals surface area contributed by atoms with Crippen molar-refractivity contribution in [2.45, 2.75) is 138 Å². The molecule has 16 heteroatoms. The normalized spacial score (nSPS) is 45.9. The van der Waals surface area contributed by atoms with E-state index in [9.17, 15) is 34.8 Å². The van der Waals surface area contributed by atoms with Crippen LogP contribution in [0.3, 0.4) is 0 Å². The molecule has 16 nitrogen and oxygen atoms in total. The summed E-state index contributed by atoms with van der Waals surface area (Å²) in [5, 5.41) is 42.1. The van der Waals surface area contributed by atoms with Crippen LogP contribution in [0.2, 0.25) is 0 Å². The van der Waals surface area contributed by atoms with Crippen molar-refractivity contribution in [2.75, 3.05) is 13.2 Å². The number of benzene rings is 1. The molecule has 0 aromatic heterocycles. The molecule has 17 atom stereocenters.